The molecule has 8 aliphatic carbocycles. The Kier molecular flexibility index (Phi) is 15.4. The average Bonchev–Trinajstić information content (AvgIpc) is 3.82. The van der Waals surface area contributed by atoms with Crippen LogP contribution in [0.15, 0.2) is 0 Å². The Morgan fingerprint density at radius 3 is 1.47 bits per heavy atom. The number of nitrogens with one attached hydrogen (secondary N) is 2. The van der Waals surface area contributed by atoms with Crippen LogP contribution < -0.4 is 10.6 Å². The smallest absolute Gasteiger partial charge is 0.305 e. The van der Waals surface area contributed by atoms with E-state index < -0.39 is 0 Å². The van der Waals surface area contributed by atoms with Crippen molar-refractivity contribution in [2.75, 3.05) is 13.2 Å². The molecule has 4 N–H and O–H groups in total. The van der Waals surface area contributed by atoms with Crippen molar-refractivity contribution in [1.82, 2.24) is 10.6 Å². The van der Waals surface area contributed by atoms with Gasteiger partial charge in [-0.1, -0.05) is 48.5 Å². The molecule has 13 bridgehead atoms. The second kappa shape index (κ2) is 20.3. The van der Waals surface area contributed by atoms with Gasteiger partial charge in [-0.05, 0) is 215 Å². The number of aliphatic hydroxyl groups is 2. The maximum absolute atomic E-state index is 13.3. The van der Waals surface area contributed by atoms with E-state index in [0.717, 1.165) is 116 Å². The summed E-state index contributed by atoms with van der Waals surface area (Å²) in [5.41, 5.74) is 0.650. The minimum absolute atomic E-state index is 0.0441. The molecule has 10 heteroatoms. The molecule has 374 valence electrons. The van der Waals surface area contributed by atoms with Gasteiger partial charge in [0.25, 0.3) is 0 Å². The second-order valence-electron chi connectivity index (χ2n) is 24.9. The maximum Gasteiger partial charge on any atom is 0.305 e. The largest absolute Gasteiger partial charge is 0.462 e. The van der Waals surface area contributed by atoms with E-state index in [0.29, 0.717) is 97.2 Å². The first-order valence-electron chi connectivity index (χ1n) is 27.8. The van der Waals surface area contributed by atoms with Crippen LogP contribution in [0.3, 0.4) is 0 Å². The molecule has 4 heterocycles. The molecule has 0 aromatic heterocycles. The van der Waals surface area contributed by atoms with Crippen molar-refractivity contribution in [3.05, 3.63) is 0 Å². The molecule has 66 heavy (non-hydrogen) atoms. The number of esters is 2. The van der Waals surface area contributed by atoms with Gasteiger partial charge in [0, 0.05) is 37.8 Å². The Bertz CT molecular complexity index is 1740. The maximum atomic E-state index is 13.3. The van der Waals surface area contributed by atoms with E-state index in [4.69, 9.17) is 9.47 Å². The van der Waals surface area contributed by atoms with Crippen LogP contribution in [0.25, 0.3) is 0 Å². The molecule has 0 aromatic rings. The predicted octanol–water partition coefficient (Wildman–Crippen LogP) is 10.1. The van der Waals surface area contributed by atoms with Crippen LogP contribution in [-0.4, -0.2) is 71.5 Å². The highest BCUT2D eigenvalue weighted by molar-refractivity contribution is 5.79. The summed E-state index contributed by atoms with van der Waals surface area (Å²) in [5, 5.41) is 30.7. The molecule has 8 saturated carbocycles. The van der Waals surface area contributed by atoms with Crippen LogP contribution in [0.5, 0.6) is 0 Å². The highest BCUT2D eigenvalue weighted by atomic mass is 16.6. The molecule has 0 aromatic carbocycles. The first-order chi connectivity index (χ1) is 31.5. The van der Waals surface area contributed by atoms with E-state index in [1.165, 1.54) is 6.42 Å². The summed E-state index contributed by atoms with van der Waals surface area (Å²) >= 11 is 0. The molecule has 4 aliphatic heterocycles. The van der Waals surface area contributed by atoms with Crippen molar-refractivity contribution in [3.8, 4) is 0 Å². The Morgan fingerprint density at radius 1 is 0.470 bits per heavy atom. The van der Waals surface area contributed by atoms with Gasteiger partial charge in [0.05, 0.1) is 12.2 Å². The Hall–Kier alpha value is -2.20. The van der Waals surface area contributed by atoms with Gasteiger partial charge in [-0.3, -0.25) is 19.2 Å². The summed E-state index contributed by atoms with van der Waals surface area (Å²) in [6, 6.07) is 0.237. The first kappa shape index (κ1) is 50.2. The molecule has 0 spiro atoms. The minimum Gasteiger partial charge on any atom is -0.462 e. The fourth-order valence-corrected chi connectivity index (χ4v) is 18.8. The van der Waals surface area contributed by atoms with E-state index in [-0.39, 0.29) is 82.9 Å². The molecule has 12 fully saturated rings. The number of carbonyl (C=O) groups excluding carboxylic acids is 4. The number of rotatable bonds is 0. The van der Waals surface area contributed by atoms with Gasteiger partial charge >= 0.3 is 11.9 Å². The summed E-state index contributed by atoms with van der Waals surface area (Å²) in [7, 11) is 0. The number of ether oxygens (including phenoxy) is 2. The van der Waals surface area contributed by atoms with Crippen molar-refractivity contribution in [2.24, 2.45) is 86.8 Å². The van der Waals surface area contributed by atoms with Gasteiger partial charge in [0.15, 0.2) is 0 Å². The van der Waals surface area contributed by atoms with Crippen LogP contribution in [0.1, 0.15) is 203 Å². The third-order valence-electron chi connectivity index (χ3n) is 22.2. The lowest BCUT2D eigenvalue weighted by Gasteiger charge is -2.62. The molecule has 19 atom stereocenters. The molecular formula is C56H92N2O8. The first-order valence-corrected chi connectivity index (χ1v) is 27.8. The second-order valence-corrected chi connectivity index (χ2v) is 24.9. The molecule has 2 amide bonds. The predicted molar refractivity (Wildman–Crippen MR) is 256 cm³/mol. The molecule has 4 unspecified atom stereocenters. The van der Waals surface area contributed by atoms with E-state index in [9.17, 15) is 29.4 Å². The van der Waals surface area contributed by atoms with Crippen LogP contribution in [0.4, 0.5) is 0 Å². The number of hydrogen-bond acceptors (Lipinski definition) is 8. The fraction of sp³-hybridized carbons (Fsp3) is 0.929. The van der Waals surface area contributed by atoms with Crippen molar-refractivity contribution in [1.29, 1.82) is 0 Å². The summed E-state index contributed by atoms with van der Waals surface area (Å²) < 4.78 is 11.1. The number of aliphatic hydroxyl groups excluding tert-OH is 2. The van der Waals surface area contributed by atoms with E-state index in [2.05, 4.69) is 45.3 Å². The van der Waals surface area contributed by atoms with Crippen LogP contribution >= 0.6 is 0 Å². The summed E-state index contributed by atoms with van der Waals surface area (Å²) in [6.45, 7) is 16.4. The standard InChI is InChI=1S/C54H86N2O8.C2H6/c1-32-12-17-48(62)64-27-26-63-47(61)11-6-8-33-13-14-39-49-41(20-24-51(33,39)2)52(3)22-18-36(28-34(52)30-43(49)57)55-45(59)9-7-10-46(60)56-37-19-23-53(4)35(29-37)31-44(58)50-40-16-15-38(32)54(40,5)25-21-42(50)53;1-2/h32-44,49-50,57-58H,6-31H2,1-5H3,(H,55,59)(H,56,60);1-2H3/t32-,33-,34?,35?,36-,37+,38-,39-,40+,41-,42+,43-,44+,49?,50?,51+,52-,53+,54-;/m1./s1. The quantitative estimate of drug-likeness (QED) is 0.175. The monoisotopic (exact) mass is 921 g/mol. The Balaban J connectivity index is 0.00000292. The SMILES string of the molecule is CC.C[C@@H]1CCC(=O)OCCOC(=O)CCC[C@@H]2CC[C@@H]3C4[C@H](O)CC5C[C@@H](CC[C@@]5(C)[C@@H]4CC[C@@]23C)NC(=O)CCCC(=O)N[C@H]2CC[C@@]3(C)C(C2)C[C@H](O)C2[C@@H]4CC[C@H]1[C@@]4(C)CC[C@@H]23. The fourth-order valence-electron chi connectivity index (χ4n) is 18.8. The Labute approximate surface area is 398 Å². The number of fused-ring (bicyclic) bond motifs is 2. The van der Waals surface area contributed by atoms with Crippen molar-refractivity contribution >= 4 is 23.8 Å². The molecule has 12 aliphatic rings. The van der Waals surface area contributed by atoms with Gasteiger partial charge in [-0.15, -0.1) is 0 Å². The summed E-state index contributed by atoms with van der Waals surface area (Å²) in [5.74, 6) is 4.43. The van der Waals surface area contributed by atoms with E-state index in [1.807, 2.05) is 13.8 Å². The highest BCUT2D eigenvalue weighted by Gasteiger charge is 2.64. The van der Waals surface area contributed by atoms with E-state index in [1.54, 1.807) is 0 Å². The van der Waals surface area contributed by atoms with Crippen molar-refractivity contribution < 1.29 is 38.9 Å². The lowest BCUT2D eigenvalue weighted by molar-refractivity contribution is -0.167. The molecule has 4 saturated heterocycles. The Morgan fingerprint density at radius 2 is 0.909 bits per heavy atom. The normalized spacial score (nSPS) is 49.3. The summed E-state index contributed by atoms with van der Waals surface area (Å²) in [6.07, 6.45) is 20.7. The lowest BCUT2D eigenvalue weighted by Crippen LogP contribution is -2.59. The molecule has 10 nitrogen and oxygen atoms in total. The van der Waals surface area contributed by atoms with Crippen LogP contribution in [-0.2, 0) is 28.7 Å². The molecular weight excluding hydrogens is 829 g/mol. The highest BCUT2D eigenvalue weighted by Crippen LogP contribution is 2.70. The zero-order valence-corrected chi connectivity index (χ0v) is 42.4. The van der Waals surface area contributed by atoms with Gasteiger partial charge in [-0.2, -0.15) is 0 Å². The van der Waals surface area contributed by atoms with E-state index >= 15 is 0 Å². The third kappa shape index (κ3) is 9.41. The lowest BCUT2D eigenvalue weighted by atomic mass is 9.43. The average molecular weight is 921 g/mol. The zero-order valence-electron chi connectivity index (χ0n) is 42.4. The topological polar surface area (TPSA) is 151 Å². The minimum atomic E-state index is -0.327. The van der Waals surface area contributed by atoms with Gasteiger partial charge in [-0.25, -0.2) is 0 Å². The zero-order chi connectivity index (χ0) is 47.2. The number of hydrogen-bond donors (Lipinski definition) is 4. The van der Waals surface area contributed by atoms with Crippen molar-refractivity contribution in [2.45, 2.75) is 227 Å². The molecule has 0 radical (unpaired) electrons. The number of amides is 2. The molecule has 12 rings (SSSR count). The van der Waals surface area contributed by atoms with Crippen molar-refractivity contribution in [3.63, 3.8) is 0 Å². The summed E-state index contributed by atoms with van der Waals surface area (Å²) in [4.78, 5) is 52.4. The van der Waals surface area contributed by atoms with Crippen LogP contribution in [0, 0.1) is 86.8 Å². The van der Waals surface area contributed by atoms with Gasteiger partial charge < -0.3 is 30.3 Å². The van der Waals surface area contributed by atoms with Gasteiger partial charge in [0.2, 0.25) is 11.8 Å². The number of carbonyl (C=O) groups is 4. The third-order valence-corrected chi connectivity index (χ3v) is 22.2. The van der Waals surface area contributed by atoms with Crippen LogP contribution in [0.2, 0.25) is 0 Å². The van der Waals surface area contributed by atoms with Gasteiger partial charge in [0.1, 0.15) is 13.2 Å².